The standard InChI is InChI=1S/C16H16ClN3S/c17-15-8-6-14(7-9-15)12-19-20-16(21)18-11-10-13-4-2-1-3-5-13/h1-9,12H,10-11H2,(H2,18,20,21)/b19-12+. The van der Waals surface area contributed by atoms with E-state index < -0.39 is 0 Å². The van der Waals surface area contributed by atoms with Gasteiger partial charge < -0.3 is 5.32 Å². The van der Waals surface area contributed by atoms with Gasteiger partial charge in [-0.2, -0.15) is 5.10 Å². The highest BCUT2D eigenvalue weighted by Crippen LogP contribution is 2.07. The SMILES string of the molecule is S=C(NCCc1ccccc1)N/N=C/c1ccc(Cl)cc1. The third-order valence-electron chi connectivity index (χ3n) is 2.79. The molecule has 0 saturated carbocycles. The van der Waals surface area contributed by atoms with E-state index in [4.69, 9.17) is 23.8 Å². The third kappa shape index (κ3) is 5.94. The molecule has 0 bridgehead atoms. The van der Waals surface area contributed by atoms with Crippen molar-refractivity contribution in [2.45, 2.75) is 6.42 Å². The first-order valence-corrected chi connectivity index (χ1v) is 7.39. The molecular formula is C16H16ClN3S. The molecule has 0 aromatic heterocycles. The normalized spacial score (nSPS) is 10.5. The zero-order valence-electron chi connectivity index (χ0n) is 11.4. The van der Waals surface area contributed by atoms with Crippen molar-refractivity contribution in [2.75, 3.05) is 6.54 Å². The van der Waals surface area contributed by atoms with Crippen LogP contribution in [0.2, 0.25) is 5.02 Å². The quantitative estimate of drug-likeness (QED) is 0.504. The lowest BCUT2D eigenvalue weighted by molar-refractivity contribution is 0.838. The van der Waals surface area contributed by atoms with Gasteiger partial charge in [0.2, 0.25) is 0 Å². The zero-order valence-corrected chi connectivity index (χ0v) is 13.0. The molecule has 21 heavy (non-hydrogen) atoms. The van der Waals surface area contributed by atoms with Gasteiger partial charge in [-0.3, -0.25) is 5.43 Å². The Bertz CT molecular complexity index is 597. The Morgan fingerprint density at radius 3 is 2.52 bits per heavy atom. The highest BCUT2D eigenvalue weighted by Gasteiger charge is 1.94. The number of nitrogens with one attached hydrogen (secondary N) is 2. The van der Waals surface area contributed by atoms with E-state index in [9.17, 15) is 0 Å². The molecule has 5 heteroatoms. The van der Waals surface area contributed by atoms with Gasteiger partial charge in [0.15, 0.2) is 5.11 Å². The highest BCUT2D eigenvalue weighted by atomic mass is 35.5. The van der Waals surface area contributed by atoms with Gasteiger partial charge in [0.25, 0.3) is 0 Å². The van der Waals surface area contributed by atoms with E-state index in [0.29, 0.717) is 10.1 Å². The van der Waals surface area contributed by atoms with E-state index in [1.165, 1.54) is 5.56 Å². The molecule has 2 rings (SSSR count). The Morgan fingerprint density at radius 2 is 1.81 bits per heavy atom. The lowest BCUT2D eigenvalue weighted by atomic mass is 10.1. The maximum absolute atomic E-state index is 5.81. The van der Waals surface area contributed by atoms with E-state index in [0.717, 1.165) is 18.5 Å². The first-order valence-electron chi connectivity index (χ1n) is 6.60. The van der Waals surface area contributed by atoms with Crippen molar-refractivity contribution in [3.05, 3.63) is 70.7 Å². The van der Waals surface area contributed by atoms with Gasteiger partial charge in [0.05, 0.1) is 6.21 Å². The summed E-state index contributed by atoms with van der Waals surface area (Å²) in [6.07, 6.45) is 2.62. The van der Waals surface area contributed by atoms with Gasteiger partial charge in [0, 0.05) is 11.6 Å². The van der Waals surface area contributed by atoms with Gasteiger partial charge in [-0.15, -0.1) is 0 Å². The van der Waals surface area contributed by atoms with Crippen LogP contribution in [0.3, 0.4) is 0 Å². The van der Waals surface area contributed by atoms with E-state index in [-0.39, 0.29) is 0 Å². The summed E-state index contributed by atoms with van der Waals surface area (Å²) in [5.74, 6) is 0. The number of hydrazone groups is 1. The molecule has 0 heterocycles. The lowest BCUT2D eigenvalue weighted by Gasteiger charge is -2.06. The summed E-state index contributed by atoms with van der Waals surface area (Å²) in [6.45, 7) is 0.770. The molecule has 2 aromatic rings. The van der Waals surface area contributed by atoms with Crippen LogP contribution in [0, 0.1) is 0 Å². The molecule has 0 amide bonds. The molecule has 2 N–H and O–H groups in total. The highest BCUT2D eigenvalue weighted by molar-refractivity contribution is 7.80. The van der Waals surface area contributed by atoms with E-state index in [1.807, 2.05) is 42.5 Å². The van der Waals surface area contributed by atoms with Gasteiger partial charge in [-0.1, -0.05) is 54.1 Å². The van der Waals surface area contributed by atoms with Gasteiger partial charge in [-0.25, -0.2) is 0 Å². The summed E-state index contributed by atoms with van der Waals surface area (Å²) >= 11 is 11.0. The van der Waals surface area contributed by atoms with E-state index in [2.05, 4.69) is 28.0 Å². The lowest BCUT2D eigenvalue weighted by Crippen LogP contribution is -2.33. The molecule has 0 unspecified atom stereocenters. The Labute approximate surface area is 135 Å². The summed E-state index contributed by atoms with van der Waals surface area (Å²) in [4.78, 5) is 0. The molecule has 0 aliphatic heterocycles. The smallest absolute Gasteiger partial charge is 0.186 e. The molecule has 0 aliphatic carbocycles. The second-order valence-electron chi connectivity index (χ2n) is 4.41. The second-order valence-corrected chi connectivity index (χ2v) is 5.26. The summed E-state index contributed by atoms with van der Waals surface area (Å²) in [5, 5.41) is 8.40. The van der Waals surface area contributed by atoms with Crippen LogP contribution < -0.4 is 10.7 Å². The van der Waals surface area contributed by atoms with Crippen LogP contribution in [0.25, 0.3) is 0 Å². The van der Waals surface area contributed by atoms with Crippen molar-refractivity contribution in [3.8, 4) is 0 Å². The van der Waals surface area contributed by atoms with E-state index in [1.54, 1.807) is 6.21 Å². The topological polar surface area (TPSA) is 36.4 Å². The Balaban J connectivity index is 1.69. The molecule has 108 valence electrons. The van der Waals surface area contributed by atoms with Gasteiger partial charge in [-0.05, 0) is 41.9 Å². The molecule has 0 fully saturated rings. The number of hydrogen-bond acceptors (Lipinski definition) is 2. The maximum atomic E-state index is 5.81. The predicted molar refractivity (Wildman–Crippen MR) is 92.9 cm³/mol. The average molecular weight is 318 g/mol. The van der Waals surface area contributed by atoms with Crippen LogP contribution in [-0.2, 0) is 6.42 Å². The van der Waals surface area contributed by atoms with Crippen LogP contribution in [0.5, 0.6) is 0 Å². The molecule has 0 aliphatic rings. The van der Waals surface area contributed by atoms with E-state index >= 15 is 0 Å². The van der Waals surface area contributed by atoms with Gasteiger partial charge in [0.1, 0.15) is 0 Å². The molecule has 0 radical (unpaired) electrons. The molecule has 2 aromatic carbocycles. The summed E-state index contributed by atoms with van der Waals surface area (Å²) in [7, 11) is 0. The zero-order chi connectivity index (χ0) is 14.9. The summed E-state index contributed by atoms with van der Waals surface area (Å²) < 4.78 is 0. The number of halogens is 1. The number of nitrogens with zero attached hydrogens (tertiary/aromatic N) is 1. The summed E-state index contributed by atoms with van der Waals surface area (Å²) in [5.41, 5.74) is 5.02. The minimum Gasteiger partial charge on any atom is -0.361 e. The largest absolute Gasteiger partial charge is 0.361 e. The third-order valence-corrected chi connectivity index (χ3v) is 3.28. The van der Waals surface area contributed by atoms with Crippen molar-refractivity contribution in [2.24, 2.45) is 5.10 Å². The fourth-order valence-electron chi connectivity index (χ4n) is 1.72. The van der Waals surface area contributed by atoms with Crippen LogP contribution in [0.4, 0.5) is 0 Å². The molecule has 0 spiro atoms. The van der Waals surface area contributed by atoms with Crippen LogP contribution in [0.1, 0.15) is 11.1 Å². The van der Waals surface area contributed by atoms with Gasteiger partial charge >= 0.3 is 0 Å². The fraction of sp³-hybridized carbons (Fsp3) is 0.125. The fourth-order valence-corrected chi connectivity index (χ4v) is 2.00. The Hall–Kier alpha value is -1.91. The van der Waals surface area contributed by atoms with Crippen molar-refractivity contribution in [3.63, 3.8) is 0 Å². The predicted octanol–water partition coefficient (Wildman–Crippen LogP) is 3.38. The minimum atomic E-state index is 0.510. The number of rotatable bonds is 5. The monoisotopic (exact) mass is 317 g/mol. The molecular weight excluding hydrogens is 302 g/mol. The average Bonchev–Trinajstić information content (AvgIpc) is 2.50. The number of benzene rings is 2. The van der Waals surface area contributed by atoms with Crippen molar-refractivity contribution in [1.82, 2.24) is 10.7 Å². The van der Waals surface area contributed by atoms with Crippen molar-refractivity contribution >= 4 is 35.1 Å². The minimum absolute atomic E-state index is 0.510. The molecule has 0 saturated heterocycles. The molecule has 3 nitrogen and oxygen atoms in total. The maximum Gasteiger partial charge on any atom is 0.186 e. The van der Waals surface area contributed by atoms with Crippen LogP contribution in [-0.4, -0.2) is 17.9 Å². The first kappa shape index (κ1) is 15.5. The van der Waals surface area contributed by atoms with Crippen molar-refractivity contribution in [1.29, 1.82) is 0 Å². The number of hydrogen-bond donors (Lipinski definition) is 2. The second kappa shape index (κ2) is 8.39. The van der Waals surface area contributed by atoms with Crippen LogP contribution in [0.15, 0.2) is 59.7 Å². The van der Waals surface area contributed by atoms with Crippen molar-refractivity contribution < 1.29 is 0 Å². The molecule has 0 atom stereocenters. The Kier molecular flexibility index (Phi) is 6.19. The van der Waals surface area contributed by atoms with Crippen LogP contribution >= 0.6 is 23.8 Å². The first-order chi connectivity index (χ1) is 10.2. The summed E-state index contributed by atoms with van der Waals surface area (Å²) in [6, 6.07) is 17.7. The Morgan fingerprint density at radius 1 is 1.10 bits per heavy atom. The number of thiocarbonyl (C=S) groups is 1.